The second-order valence-corrected chi connectivity index (χ2v) is 5.28. The maximum absolute atomic E-state index is 5.95. The number of benzene rings is 1. The molecule has 0 spiro atoms. The fourth-order valence-corrected chi connectivity index (χ4v) is 1.61. The standard InChI is InChI=1S/C14H22O/c1-9-8-13(15-14(5,6)7)12(4)11(3)10(9)2/h8H,1-7H3. The third kappa shape index (κ3) is 2.74. The molecule has 0 radical (unpaired) electrons. The molecule has 84 valence electrons. The highest BCUT2D eigenvalue weighted by Crippen LogP contribution is 2.29. The second kappa shape index (κ2) is 3.88. The van der Waals surface area contributed by atoms with Crippen LogP contribution in [-0.2, 0) is 0 Å². The van der Waals surface area contributed by atoms with Gasteiger partial charge < -0.3 is 4.74 Å². The fourth-order valence-electron chi connectivity index (χ4n) is 1.61. The van der Waals surface area contributed by atoms with Crippen LogP contribution in [0.4, 0.5) is 0 Å². The Balaban J connectivity index is 3.21. The highest BCUT2D eigenvalue weighted by molar-refractivity contribution is 5.47. The molecule has 0 N–H and O–H groups in total. The Labute approximate surface area is 93.5 Å². The van der Waals surface area contributed by atoms with Gasteiger partial charge in [-0.3, -0.25) is 0 Å². The van der Waals surface area contributed by atoms with Crippen molar-refractivity contribution in [1.82, 2.24) is 0 Å². The molecule has 1 rings (SSSR count). The van der Waals surface area contributed by atoms with Crippen LogP contribution in [0.5, 0.6) is 5.75 Å². The molecule has 0 aliphatic rings. The molecule has 0 aromatic heterocycles. The fraction of sp³-hybridized carbons (Fsp3) is 0.571. The van der Waals surface area contributed by atoms with Crippen LogP contribution in [0, 0.1) is 27.7 Å². The minimum Gasteiger partial charge on any atom is -0.488 e. The van der Waals surface area contributed by atoms with Crippen molar-refractivity contribution in [3.8, 4) is 5.75 Å². The van der Waals surface area contributed by atoms with Gasteiger partial charge in [-0.1, -0.05) is 0 Å². The van der Waals surface area contributed by atoms with Gasteiger partial charge in [0, 0.05) is 0 Å². The lowest BCUT2D eigenvalue weighted by molar-refractivity contribution is 0.129. The molecule has 0 aliphatic carbocycles. The van der Waals surface area contributed by atoms with Crippen LogP contribution in [-0.4, -0.2) is 5.60 Å². The van der Waals surface area contributed by atoms with E-state index in [1.165, 1.54) is 22.3 Å². The van der Waals surface area contributed by atoms with Crippen molar-refractivity contribution in [1.29, 1.82) is 0 Å². The van der Waals surface area contributed by atoms with Crippen molar-refractivity contribution < 1.29 is 4.74 Å². The second-order valence-electron chi connectivity index (χ2n) is 5.28. The highest BCUT2D eigenvalue weighted by Gasteiger charge is 2.15. The number of rotatable bonds is 1. The number of ether oxygens (including phenoxy) is 1. The van der Waals surface area contributed by atoms with Crippen LogP contribution in [0.15, 0.2) is 6.07 Å². The molecule has 0 amide bonds. The summed E-state index contributed by atoms with van der Waals surface area (Å²) in [7, 11) is 0. The largest absolute Gasteiger partial charge is 0.488 e. The third-order valence-electron chi connectivity index (χ3n) is 2.85. The number of hydrogen-bond acceptors (Lipinski definition) is 1. The van der Waals surface area contributed by atoms with Gasteiger partial charge in [0.05, 0.1) is 0 Å². The predicted octanol–water partition coefficient (Wildman–Crippen LogP) is 4.10. The maximum Gasteiger partial charge on any atom is 0.123 e. The minimum atomic E-state index is -0.126. The van der Waals surface area contributed by atoms with Gasteiger partial charge in [0.25, 0.3) is 0 Å². The Morgan fingerprint density at radius 1 is 0.867 bits per heavy atom. The smallest absolute Gasteiger partial charge is 0.123 e. The molecule has 1 heteroatoms. The lowest BCUT2D eigenvalue weighted by atomic mass is 9.98. The van der Waals surface area contributed by atoms with E-state index in [9.17, 15) is 0 Å². The molecule has 0 fully saturated rings. The summed E-state index contributed by atoms with van der Waals surface area (Å²) in [5.41, 5.74) is 5.15. The first-order valence-corrected chi connectivity index (χ1v) is 5.49. The molecule has 0 heterocycles. The molecule has 0 bridgehead atoms. The quantitative estimate of drug-likeness (QED) is 0.672. The first-order valence-electron chi connectivity index (χ1n) is 5.49. The van der Waals surface area contributed by atoms with E-state index in [0.29, 0.717) is 0 Å². The topological polar surface area (TPSA) is 9.23 Å². The Bertz CT molecular complexity index is 370. The predicted molar refractivity (Wildman–Crippen MR) is 65.8 cm³/mol. The summed E-state index contributed by atoms with van der Waals surface area (Å²) >= 11 is 0. The lowest BCUT2D eigenvalue weighted by Gasteiger charge is -2.24. The van der Waals surface area contributed by atoms with E-state index in [4.69, 9.17) is 4.74 Å². The molecule has 0 saturated carbocycles. The Kier molecular flexibility index (Phi) is 3.13. The summed E-state index contributed by atoms with van der Waals surface area (Å²) in [6.07, 6.45) is 0. The van der Waals surface area contributed by atoms with Crippen LogP contribution in [0.2, 0.25) is 0 Å². The van der Waals surface area contributed by atoms with Gasteiger partial charge in [0.15, 0.2) is 0 Å². The van der Waals surface area contributed by atoms with Crippen molar-refractivity contribution in [3.05, 3.63) is 28.3 Å². The number of hydrogen-bond donors (Lipinski definition) is 0. The van der Waals surface area contributed by atoms with Gasteiger partial charge in [-0.05, 0) is 76.8 Å². The van der Waals surface area contributed by atoms with Gasteiger partial charge in [-0.15, -0.1) is 0 Å². The summed E-state index contributed by atoms with van der Waals surface area (Å²) in [4.78, 5) is 0. The van der Waals surface area contributed by atoms with E-state index in [1.807, 2.05) is 0 Å². The highest BCUT2D eigenvalue weighted by atomic mass is 16.5. The van der Waals surface area contributed by atoms with Crippen molar-refractivity contribution in [2.45, 2.75) is 54.1 Å². The molecule has 1 aromatic carbocycles. The van der Waals surface area contributed by atoms with Crippen molar-refractivity contribution in [3.63, 3.8) is 0 Å². The molecular formula is C14H22O. The average molecular weight is 206 g/mol. The van der Waals surface area contributed by atoms with Crippen molar-refractivity contribution in [2.24, 2.45) is 0 Å². The Morgan fingerprint density at radius 2 is 1.40 bits per heavy atom. The Morgan fingerprint density at radius 3 is 1.87 bits per heavy atom. The third-order valence-corrected chi connectivity index (χ3v) is 2.85. The lowest BCUT2D eigenvalue weighted by Crippen LogP contribution is -2.23. The average Bonchev–Trinajstić information content (AvgIpc) is 2.08. The van der Waals surface area contributed by atoms with Crippen LogP contribution >= 0.6 is 0 Å². The summed E-state index contributed by atoms with van der Waals surface area (Å²) in [5, 5.41) is 0. The van der Waals surface area contributed by atoms with Crippen LogP contribution in [0.1, 0.15) is 43.0 Å². The van der Waals surface area contributed by atoms with E-state index < -0.39 is 0 Å². The van der Waals surface area contributed by atoms with Crippen LogP contribution in [0.25, 0.3) is 0 Å². The zero-order valence-electron chi connectivity index (χ0n) is 11.0. The van der Waals surface area contributed by atoms with Gasteiger partial charge in [0.2, 0.25) is 0 Å². The monoisotopic (exact) mass is 206 g/mol. The van der Waals surface area contributed by atoms with Crippen LogP contribution in [0.3, 0.4) is 0 Å². The summed E-state index contributed by atoms with van der Waals surface area (Å²) in [6, 6.07) is 2.14. The molecule has 0 aliphatic heterocycles. The van der Waals surface area contributed by atoms with Gasteiger partial charge in [0.1, 0.15) is 11.4 Å². The van der Waals surface area contributed by atoms with Gasteiger partial charge >= 0.3 is 0 Å². The SMILES string of the molecule is Cc1cc(OC(C)(C)C)c(C)c(C)c1C. The minimum absolute atomic E-state index is 0.126. The summed E-state index contributed by atoms with van der Waals surface area (Å²) in [5.74, 6) is 1.02. The van der Waals surface area contributed by atoms with E-state index in [-0.39, 0.29) is 5.60 Å². The van der Waals surface area contributed by atoms with E-state index >= 15 is 0 Å². The van der Waals surface area contributed by atoms with Crippen LogP contribution < -0.4 is 4.74 Å². The van der Waals surface area contributed by atoms with E-state index in [0.717, 1.165) is 5.75 Å². The maximum atomic E-state index is 5.95. The van der Waals surface area contributed by atoms with Crippen molar-refractivity contribution in [2.75, 3.05) is 0 Å². The van der Waals surface area contributed by atoms with Gasteiger partial charge in [-0.25, -0.2) is 0 Å². The zero-order chi connectivity index (χ0) is 11.8. The van der Waals surface area contributed by atoms with Crippen molar-refractivity contribution >= 4 is 0 Å². The molecule has 0 unspecified atom stereocenters. The first-order chi connectivity index (χ1) is 6.72. The van der Waals surface area contributed by atoms with Gasteiger partial charge in [-0.2, -0.15) is 0 Å². The molecule has 1 nitrogen and oxygen atoms in total. The summed E-state index contributed by atoms with van der Waals surface area (Å²) in [6.45, 7) is 14.8. The number of aryl methyl sites for hydroxylation is 1. The summed E-state index contributed by atoms with van der Waals surface area (Å²) < 4.78 is 5.95. The van der Waals surface area contributed by atoms with E-state index in [2.05, 4.69) is 54.5 Å². The molecule has 0 saturated heterocycles. The normalized spacial score (nSPS) is 11.7. The molecule has 0 atom stereocenters. The van der Waals surface area contributed by atoms with E-state index in [1.54, 1.807) is 0 Å². The molecular weight excluding hydrogens is 184 g/mol. The molecule has 15 heavy (non-hydrogen) atoms. The Hall–Kier alpha value is -0.980. The molecule has 1 aromatic rings. The first kappa shape index (κ1) is 12.1. The zero-order valence-corrected chi connectivity index (χ0v) is 11.0.